The van der Waals surface area contributed by atoms with Gasteiger partial charge in [0.1, 0.15) is 6.23 Å². The van der Waals surface area contributed by atoms with Gasteiger partial charge in [-0.05, 0) is 57.4 Å². The fourth-order valence-corrected chi connectivity index (χ4v) is 5.06. The molecule has 3 aliphatic rings. The Morgan fingerprint density at radius 3 is 2.68 bits per heavy atom. The van der Waals surface area contributed by atoms with E-state index in [2.05, 4.69) is 21.0 Å². The molecular formula is C27H35N7O3. The van der Waals surface area contributed by atoms with E-state index in [1.165, 1.54) is 0 Å². The molecule has 1 fully saturated rings. The van der Waals surface area contributed by atoms with Gasteiger partial charge in [-0.2, -0.15) is 5.10 Å². The van der Waals surface area contributed by atoms with Gasteiger partial charge in [-0.3, -0.25) is 9.59 Å². The summed E-state index contributed by atoms with van der Waals surface area (Å²) < 4.78 is 1.83. The van der Waals surface area contributed by atoms with Crippen molar-refractivity contribution in [3.05, 3.63) is 52.5 Å². The molecule has 0 bridgehead atoms. The third kappa shape index (κ3) is 4.91. The number of pyridine rings is 1. The first kappa shape index (κ1) is 25.2. The molecule has 0 aromatic carbocycles. The van der Waals surface area contributed by atoms with Crippen LogP contribution in [0.15, 0.2) is 41.3 Å². The summed E-state index contributed by atoms with van der Waals surface area (Å²) in [6.45, 7) is 10.8. The minimum Gasteiger partial charge on any atom is -0.370 e. The highest BCUT2D eigenvalue weighted by atomic mass is 16.3. The zero-order valence-electron chi connectivity index (χ0n) is 21.8. The van der Waals surface area contributed by atoms with E-state index in [9.17, 15) is 14.7 Å². The van der Waals surface area contributed by atoms with Crippen molar-refractivity contribution in [3.8, 4) is 0 Å². The summed E-state index contributed by atoms with van der Waals surface area (Å²) in [5.74, 6) is 0.0297. The minimum atomic E-state index is -0.837. The van der Waals surface area contributed by atoms with Gasteiger partial charge in [0.05, 0.1) is 28.8 Å². The number of rotatable bonds is 6. The largest absolute Gasteiger partial charge is 0.370 e. The van der Waals surface area contributed by atoms with Gasteiger partial charge < -0.3 is 26.0 Å². The summed E-state index contributed by atoms with van der Waals surface area (Å²) in [6, 6.07) is 1.90. The summed E-state index contributed by atoms with van der Waals surface area (Å²) in [4.78, 5) is 32.9. The van der Waals surface area contributed by atoms with Crippen LogP contribution in [0.1, 0.15) is 56.2 Å². The van der Waals surface area contributed by atoms with Crippen molar-refractivity contribution < 1.29 is 14.7 Å². The van der Waals surface area contributed by atoms with Crippen molar-refractivity contribution in [2.24, 2.45) is 5.92 Å². The number of allylic oxidation sites excluding steroid dienone is 3. The Labute approximate surface area is 216 Å². The van der Waals surface area contributed by atoms with Crippen LogP contribution in [-0.2, 0) is 4.79 Å². The van der Waals surface area contributed by atoms with Gasteiger partial charge in [0, 0.05) is 50.0 Å². The molecule has 0 saturated carbocycles. The van der Waals surface area contributed by atoms with Crippen LogP contribution < -0.4 is 16.0 Å². The molecule has 1 saturated heterocycles. The second-order valence-electron chi connectivity index (χ2n) is 10.4. The topological polar surface area (TPSA) is 124 Å². The lowest BCUT2D eigenvalue weighted by molar-refractivity contribution is -0.136. The molecular weight excluding hydrogens is 470 g/mol. The molecule has 1 unspecified atom stereocenters. The van der Waals surface area contributed by atoms with Crippen molar-refractivity contribution in [2.45, 2.75) is 46.4 Å². The normalized spacial score (nSPS) is 20.5. The van der Waals surface area contributed by atoms with Crippen LogP contribution in [0.2, 0.25) is 0 Å². The zero-order valence-corrected chi connectivity index (χ0v) is 21.8. The van der Waals surface area contributed by atoms with Crippen molar-refractivity contribution in [1.82, 2.24) is 35.6 Å². The van der Waals surface area contributed by atoms with E-state index in [0.29, 0.717) is 36.1 Å². The van der Waals surface area contributed by atoms with Crippen molar-refractivity contribution in [3.63, 3.8) is 0 Å². The fourth-order valence-electron chi connectivity index (χ4n) is 5.06. The van der Waals surface area contributed by atoms with Crippen LogP contribution >= 0.6 is 0 Å². The van der Waals surface area contributed by atoms with Gasteiger partial charge in [0.25, 0.3) is 5.91 Å². The van der Waals surface area contributed by atoms with E-state index in [1.807, 2.05) is 55.5 Å². The van der Waals surface area contributed by atoms with Crippen molar-refractivity contribution in [2.75, 3.05) is 32.7 Å². The Balaban J connectivity index is 1.43. The van der Waals surface area contributed by atoms with Gasteiger partial charge in [-0.25, -0.2) is 9.67 Å². The molecule has 2 amide bonds. The van der Waals surface area contributed by atoms with Crippen LogP contribution in [0.4, 0.5) is 0 Å². The standard InChI is InChI=1S/C27H35N7O3/c1-15(2)34-24-22(14-30-34)20(25(35)29-13-21-16(3)9-17(4)31-26(21)36)10-23(32-24)18-5-7-33(8-6-18)27(37)19-11-28-12-19/h5,9-10,14-15,19,26,28,31,36H,6-8,11-13H2,1-4H3,(H,29,35). The number of nitrogens with one attached hydrogen (secondary N) is 3. The first-order chi connectivity index (χ1) is 17.7. The smallest absolute Gasteiger partial charge is 0.252 e. The number of aliphatic hydroxyl groups excluding tert-OH is 1. The Morgan fingerprint density at radius 2 is 2.05 bits per heavy atom. The van der Waals surface area contributed by atoms with E-state index in [4.69, 9.17) is 4.98 Å². The number of dihydropyridines is 1. The molecule has 2 aromatic heterocycles. The number of amides is 2. The van der Waals surface area contributed by atoms with E-state index in [1.54, 1.807) is 6.20 Å². The highest BCUT2D eigenvalue weighted by molar-refractivity contribution is 6.06. The van der Waals surface area contributed by atoms with Gasteiger partial charge in [0.15, 0.2) is 5.65 Å². The molecule has 5 heterocycles. The molecule has 4 N–H and O–H groups in total. The van der Waals surface area contributed by atoms with E-state index in [-0.39, 0.29) is 30.3 Å². The SMILES string of the molecule is CC1=CC(C)=C(CNC(=O)c2cc(C3=CCN(C(=O)C4CNC4)CC3)nc3c2cnn3C(C)C)C(O)N1. The number of aromatic nitrogens is 3. The predicted molar refractivity (Wildman–Crippen MR) is 141 cm³/mol. The van der Waals surface area contributed by atoms with E-state index >= 15 is 0 Å². The second kappa shape index (κ2) is 10.1. The summed E-state index contributed by atoms with van der Waals surface area (Å²) in [5.41, 5.74) is 5.44. The Bertz CT molecular complexity index is 1330. The van der Waals surface area contributed by atoms with Crippen LogP contribution in [0.25, 0.3) is 16.6 Å². The molecule has 0 radical (unpaired) electrons. The average molecular weight is 506 g/mol. The van der Waals surface area contributed by atoms with Crippen LogP contribution in [0.5, 0.6) is 0 Å². The van der Waals surface area contributed by atoms with Crippen LogP contribution in [0.3, 0.4) is 0 Å². The quantitative estimate of drug-likeness (QED) is 0.471. The molecule has 2 aromatic rings. The number of fused-ring (bicyclic) bond motifs is 1. The molecule has 3 aliphatic heterocycles. The molecule has 10 heteroatoms. The van der Waals surface area contributed by atoms with E-state index in [0.717, 1.165) is 41.2 Å². The Morgan fingerprint density at radius 1 is 1.27 bits per heavy atom. The molecule has 196 valence electrons. The summed E-state index contributed by atoms with van der Waals surface area (Å²) in [7, 11) is 0. The first-order valence-corrected chi connectivity index (χ1v) is 12.9. The minimum absolute atomic E-state index is 0.0759. The van der Waals surface area contributed by atoms with Gasteiger partial charge >= 0.3 is 0 Å². The maximum absolute atomic E-state index is 13.5. The molecule has 0 aliphatic carbocycles. The Hall–Kier alpha value is -3.50. The molecule has 37 heavy (non-hydrogen) atoms. The van der Waals surface area contributed by atoms with Gasteiger partial charge in [-0.1, -0.05) is 6.08 Å². The number of carbonyl (C=O) groups excluding carboxylic acids is 2. The van der Waals surface area contributed by atoms with Gasteiger partial charge in [0.2, 0.25) is 5.91 Å². The van der Waals surface area contributed by atoms with Crippen molar-refractivity contribution in [1.29, 1.82) is 0 Å². The first-order valence-electron chi connectivity index (χ1n) is 12.9. The maximum atomic E-state index is 13.5. The zero-order chi connectivity index (χ0) is 26.3. The highest BCUT2D eigenvalue weighted by Gasteiger charge is 2.30. The summed E-state index contributed by atoms with van der Waals surface area (Å²) in [5, 5.41) is 24.8. The predicted octanol–water partition coefficient (Wildman–Crippen LogP) is 1.72. The Kier molecular flexibility index (Phi) is 6.87. The number of nitrogens with zero attached hydrogens (tertiary/aromatic N) is 4. The van der Waals surface area contributed by atoms with Gasteiger partial charge in [-0.15, -0.1) is 0 Å². The molecule has 5 rings (SSSR count). The van der Waals surface area contributed by atoms with Crippen molar-refractivity contribution >= 4 is 28.4 Å². The molecule has 10 nitrogen and oxygen atoms in total. The second-order valence-corrected chi connectivity index (χ2v) is 10.4. The molecule has 1 atom stereocenters. The number of hydrogen-bond acceptors (Lipinski definition) is 7. The number of hydrogen-bond donors (Lipinski definition) is 4. The third-order valence-corrected chi connectivity index (χ3v) is 7.35. The lowest BCUT2D eigenvalue weighted by Gasteiger charge is -2.34. The lowest BCUT2D eigenvalue weighted by Crippen LogP contribution is -2.52. The lowest BCUT2D eigenvalue weighted by atomic mass is 9.98. The monoisotopic (exact) mass is 505 g/mol. The van der Waals surface area contributed by atoms with Crippen LogP contribution in [-0.4, -0.2) is 75.5 Å². The summed E-state index contributed by atoms with van der Waals surface area (Å²) in [6.07, 6.45) is 5.53. The third-order valence-electron chi connectivity index (χ3n) is 7.35. The van der Waals surface area contributed by atoms with E-state index < -0.39 is 6.23 Å². The highest BCUT2D eigenvalue weighted by Crippen LogP contribution is 2.28. The number of aliphatic hydroxyl groups is 1. The number of carbonyl (C=O) groups is 2. The average Bonchev–Trinajstić information content (AvgIpc) is 3.26. The summed E-state index contributed by atoms with van der Waals surface area (Å²) >= 11 is 0. The van der Waals surface area contributed by atoms with Crippen LogP contribution in [0, 0.1) is 5.92 Å². The molecule has 0 spiro atoms. The maximum Gasteiger partial charge on any atom is 0.252 e. The fraction of sp³-hybridized carbons (Fsp3) is 0.481.